The number of rotatable bonds is 8. The molecule has 4 aromatic rings. The fourth-order valence-electron chi connectivity index (χ4n) is 9.69. The first-order valence-corrected chi connectivity index (χ1v) is 19.6. The van der Waals surface area contributed by atoms with Crippen molar-refractivity contribution in [1.82, 2.24) is 30.4 Å². The molecule has 3 atom stereocenters. The highest BCUT2D eigenvalue weighted by molar-refractivity contribution is 6.01. The molecule has 9 rings (SSSR count). The molecule has 5 aliphatic rings. The third-order valence-corrected chi connectivity index (χ3v) is 13.5. The Hall–Kier alpha value is -4.65. The van der Waals surface area contributed by atoms with E-state index in [2.05, 4.69) is 35.3 Å². The highest BCUT2D eigenvalue weighted by Gasteiger charge is 2.78. The van der Waals surface area contributed by atoms with Gasteiger partial charge in [-0.05, 0) is 93.3 Å². The summed E-state index contributed by atoms with van der Waals surface area (Å²) in [7, 11) is 1.84. The van der Waals surface area contributed by atoms with Crippen molar-refractivity contribution in [2.45, 2.75) is 76.6 Å². The zero-order chi connectivity index (χ0) is 37.4. The van der Waals surface area contributed by atoms with Crippen molar-refractivity contribution in [3.05, 3.63) is 59.4 Å². The van der Waals surface area contributed by atoms with Gasteiger partial charge in [-0.1, -0.05) is 19.1 Å². The molecule has 1 aromatic carbocycles. The van der Waals surface area contributed by atoms with Crippen LogP contribution in [0.4, 0.5) is 20.3 Å². The SMILES string of the molecule is CN(C(=O)CC1CCN(CC2CCN(c3ccc(C4CCC(=O)NC4=O)cn3)CC2)CC1)c1ccc2cc(-c3n[nH]c4c3C[C@@H]3C(F)(F)[C@]3(C)C4)[nH]c2c1. The van der Waals surface area contributed by atoms with Gasteiger partial charge in [-0.15, -0.1) is 0 Å². The van der Waals surface area contributed by atoms with E-state index in [1.54, 1.807) is 18.0 Å². The molecule has 11 nitrogen and oxygen atoms in total. The smallest absolute Gasteiger partial charge is 0.258 e. The summed E-state index contributed by atoms with van der Waals surface area (Å²) in [5, 5.41) is 11.0. The lowest BCUT2D eigenvalue weighted by molar-refractivity contribution is -0.134. The standard InChI is InChI=1S/C41H48F2N8O3/c1-40-21-33-30(20-34(40)41(40,42)43)38(48-47-33)32-18-26-3-5-28(19-31(26)45-32)49(2)37(53)17-24-9-13-50(14-10-24)23-25-11-15-51(16-12-25)35-7-4-27(22-44-35)29-6-8-36(52)46-39(29)54/h3-5,7,18-19,22,24-25,29,34,45H,6,8-17,20-21,23H2,1-2H3,(H,47,48)(H,46,52,54)/t29?,34-,40+/m0/s1. The van der Waals surface area contributed by atoms with E-state index < -0.39 is 17.3 Å². The number of carbonyl (C=O) groups excluding carboxylic acids is 3. The minimum absolute atomic E-state index is 0.112. The maximum Gasteiger partial charge on any atom is 0.258 e. The maximum atomic E-state index is 14.5. The molecule has 4 fully saturated rings. The van der Waals surface area contributed by atoms with E-state index in [-0.39, 0.29) is 23.6 Å². The second-order valence-electron chi connectivity index (χ2n) is 16.7. The molecular formula is C41H48F2N8O3. The first-order valence-electron chi connectivity index (χ1n) is 19.6. The van der Waals surface area contributed by atoms with Gasteiger partial charge < -0.3 is 19.7 Å². The Balaban J connectivity index is 0.737. The van der Waals surface area contributed by atoms with Gasteiger partial charge in [0.1, 0.15) is 11.5 Å². The predicted octanol–water partition coefficient (Wildman–Crippen LogP) is 5.82. The van der Waals surface area contributed by atoms with E-state index in [4.69, 9.17) is 0 Å². The Morgan fingerprint density at radius 1 is 1.00 bits per heavy atom. The monoisotopic (exact) mass is 738 g/mol. The summed E-state index contributed by atoms with van der Waals surface area (Å²) >= 11 is 0. The van der Waals surface area contributed by atoms with Crippen LogP contribution in [0.15, 0.2) is 42.6 Å². The third-order valence-electron chi connectivity index (χ3n) is 13.5. The molecule has 3 saturated heterocycles. The van der Waals surface area contributed by atoms with Crippen molar-refractivity contribution >= 4 is 40.1 Å². The van der Waals surface area contributed by atoms with Crippen molar-refractivity contribution in [3.63, 3.8) is 0 Å². The van der Waals surface area contributed by atoms with Crippen molar-refractivity contribution in [2.24, 2.45) is 23.2 Å². The number of halogens is 2. The van der Waals surface area contributed by atoms with Crippen LogP contribution < -0.4 is 15.1 Å². The van der Waals surface area contributed by atoms with Crippen LogP contribution in [-0.2, 0) is 27.2 Å². The van der Waals surface area contributed by atoms with Crippen molar-refractivity contribution in [1.29, 1.82) is 0 Å². The quantitative estimate of drug-likeness (QED) is 0.194. The first kappa shape index (κ1) is 35.1. The molecular weight excluding hydrogens is 691 g/mol. The van der Waals surface area contributed by atoms with E-state index in [9.17, 15) is 23.2 Å². The number of alkyl halides is 2. The number of anilines is 2. The first-order chi connectivity index (χ1) is 26.0. The van der Waals surface area contributed by atoms with Crippen molar-refractivity contribution in [3.8, 4) is 11.4 Å². The summed E-state index contributed by atoms with van der Waals surface area (Å²) in [5.41, 5.74) is 4.80. The highest BCUT2D eigenvalue weighted by Crippen LogP contribution is 2.70. The molecule has 0 spiro atoms. The zero-order valence-electron chi connectivity index (χ0n) is 31.0. The van der Waals surface area contributed by atoms with Crippen molar-refractivity contribution in [2.75, 3.05) is 49.6 Å². The van der Waals surface area contributed by atoms with E-state index in [1.807, 2.05) is 43.4 Å². The molecule has 3 aliphatic heterocycles. The van der Waals surface area contributed by atoms with Crippen LogP contribution in [-0.4, -0.2) is 88.5 Å². The maximum absolute atomic E-state index is 14.5. The van der Waals surface area contributed by atoms with Crippen LogP contribution >= 0.6 is 0 Å². The lowest BCUT2D eigenvalue weighted by Gasteiger charge is -2.38. The number of hydrogen-bond acceptors (Lipinski definition) is 7. The van der Waals surface area contributed by atoms with Gasteiger partial charge in [-0.3, -0.25) is 24.8 Å². The second kappa shape index (κ2) is 13.3. The zero-order valence-corrected chi connectivity index (χ0v) is 31.0. The Labute approximate surface area is 313 Å². The molecule has 2 aliphatic carbocycles. The number of likely N-dealkylation sites (tertiary alicyclic amines) is 1. The number of fused-ring (bicyclic) bond motifs is 3. The fourth-order valence-corrected chi connectivity index (χ4v) is 9.69. The van der Waals surface area contributed by atoms with Gasteiger partial charge in [-0.2, -0.15) is 5.10 Å². The summed E-state index contributed by atoms with van der Waals surface area (Å²) in [6.07, 6.45) is 8.09. The molecule has 3 aromatic heterocycles. The van der Waals surface area contributed by atoms with E-state index in [1.165, 1.54) is 0 Å². The van der Waals surface area contributed by atoms with Gasteiger partial charge in [-0.25, -0.2) is 13.8 Å². The Kier molecular flexibility index (Phi) is 8.63. The molecule has 54 heavy (non-hydrogen) atoms. The highest BCUT2D eigenvalue weighted by atomic mass is 19.3. The number of H-pyrrole nitrogens is 2. The van der Waals surface area contributed by atoms with Gasteiger partial charge in [0.15, 0.2) is 0 Å². The topological polar surface area (TPSA) is 130 Å². The molecule has 6 heterocycles. The average Bonchev–Trinajstić information content (AvgIpc) is 3.55. The molecule has 3 amide bonds. The molecule has 1 saturated carbocycles. The molecule has 0 radical (unpaired) electrons. The van der Waals surface area contributed by atoms with Crippen LogP contribution in [0.3, 0.4) is 0 Å². The van der Waals surface area contributed by atoms with E-state index in [0.717, 1.165) is 103 Å². The summed E-state index contributed by atoms with van der Waals surface area (Å²) in [4.78, 5) is 52.0. The Morgan fingerprint density at radius 2 is 1.78 bits per heavy atom. The Bertz CT molecular complexity index is 2100. The van der Waals surface area contributed by atoms with Gasteiger partial charge in [0, 0.05) is 91.3 Å². The van der Waals surface area contributed by atoms with Gasteiger partial charge in [0.05, 0.1) is 11.6 Å². The number of carbonyl (C=O) groups is 3. The average molecular weight is 739 g/mol. The largest absolute Gasteiger partial charge is 0.357 e. The molecule has 284 valence electrons. The van der Waals surface area contributed by atoms with Crippen LogP contribution in [0.2, 0.25) is 0 Å². The summed E-state index contributed by atoms with van der Waals surface area (Å²) in [6.45, 7) is 6.69. The lowest BCUT2D eigenvalue weighted by Crippen LogP contribution is -2.42. The number of nitrogens with one attached hydrogen (secondary N) is 3. The lowest BCUT2D eigenvalue weighted by atomic mass is 9.87. The number of nitrogens with zero attached hydrogens (tertiary/aromatic N) is 5. The number of pyridine rings is 1. The molecule has 13 heteroatoms. The summed E-state index contributed by atoms with van der Waals surface area (Å²) < 4.78 is 29.0. The van der Waals surface area contributed by atoms with Gasteiger partial charge in [0.2, 0.25) is 17.7 Å². The van der Waals surface area contributed by atoms with E-state index >= 15 is 0 Å². The van der Waals surface area contributed by atoms with E-state index in [0.29, 0.717) is 49.6 Å². The number of aromatic amines is 2. The number of piperidine rings is 3. The van der Waals surface area contributed by atoms with Crippen LogP contribution in [0.5, 0.6) is 0 Å². The predicted molar refractivity (Wildman–Crippen MR) is 201 cm³/mol. The number of hydrogen-bond donors (Lipinski definition) is 3. The second-order valence-corrected chi connectivity index (χ2v) is 16.7. The van der Waals surface area contributed by atoms with Crippen LogP contribution in [0.25, 0.3) is 22.3 Å². The normalized spacial score (nSPS) is 26.0. The van der Waals surface area contributed by atoms with Crippen molar-refractivity contribution < 1.29 is 23.2 Å². The van der Waals surface area contributed by atoms with Crippen LogP contribution in [0, 0.1) is 23.2 Å². The van der Waals surface area contributed by atoms with Gasteiger partial charge >= 0.3 is 0 Å². The van der Waals surface area contributed by atoms with Crippen LogP contribution in [0.1, 0.15) is 74.6 Å². The summed E-state index contributed by atoms with van der Waals surface area (Å²) in [6, 6.07) is 11.9. The number of imide groups is 1. The fraction of sp³-hybridized carbons (Fsp3) is 0.537. The molecule has 1 unspecified atom stereocenters. The number of benzene rings is 1. The minimum atomic E-state index is -2.63. The number of aromatic nitrogens is 4. The molecule has 3 N–H and O–H groups in total. The third kappa shape index (κ3) is 6.17. The molecule has 0 bridgehead atoms. The number of amides is 3. The minimum Gasteiger partial charge on any atom is -0.357 e. The van der Waals surface area contributed by atoms with Gasteiger partial charge in [0.25, 0.3) is 5.92 Å². The Morgan fingerprint density at radius 3 is 2.52 bits per heavy atom. The summed E-state index contributed by atoms with van der Waals surface area (Å²) in [5.74, 6) is -1.98.